The van der Waals surface area contributed by atoms with Crippen molar-refractivity contribution in [3.63, 3.8) is 0 Å². The Morgan fingerprint density at radius 3 is 2.90 bits per heavy atom. The first-order chi connectivity index (χ1) is 9.72. The van der Waals surface area contributed by atoms with Gasteiger partial charge in [-0.15, -0.1) is 11.3 Å². The summed E-state index contributed by atoms with van der Waals surface area (Å²) in [4.78, 5) is 5.42. The molecule has 0 saturated heterocycles. The van der Waals surface area contributed by atoms with Crippen molar-refractivity contribution in [2.45, 2.75) is 57.5 Å². The molecule has 1 aliphatic rings. The highest BCUT2D eigenvalue weighted by Crippen LogP contribution is 2.28. The second-order valence-electron chi connectivity index (χ2n) is 5.67. The zero-order valence-corrected chi connectivity index (χ0v) is 12.8. The molecule has 0 radical (unpaired) electrons. The molecule has 1 atom stereocenters. The molecule has 108 valence electrons. The Bertz CT molecular complexity index is 554. The number of nitrogens with two attached hydrogens (primary N) is 1. The van der Waals surface area contributed by atoms with Gasteiger partial charge in [-0.2, -0.15) is 5.10 Å². The first kappa shape index (κ1) is 13.8. The molecule has 2 heterocycles. The molecule has 2 aromatic heterocycles. The van der Waals surface area contributed by atoms with E-state index in [0.29, 0.717) is 6.04 Å². The van der Waals surface area contributed by atoms with Crippen molar-refractivity contribution in [1.82, 2.24) is 14.8 Å². The highest BCUT2D eigenvalue weighted by atomic mass is 32.1. The molecule has 1 fully saturated rings. The smallest absolute Gasteiger partial charge is 0.0897 e. The van der Waals surface area contributed by atoms with Gasteiger partial charge in [0.1, 0.15) is 0 Å². The van der Waals surface area contributed by atoms with Crippen LogP contribution in [0.5, 0.6) is 0 Å². The molecule has 0 amide bonds. The third-order valence-electron chi connectivity index (χ3n) is 4.05. The van der Waals surface area contributed by atoms with Gasteiger partial charge in [-0.3, -0.25) is 4.68 Å². The van der Waals surface area contributed by atoms with Gasteiger partial charge in [-0.1, -0.05) is 19.3 Å². The number of thiazole rings is 1. The van der Waals surface area contributed by atoms with Gasteiger partial charge in [0.05, 0.1) is 16.7 Å². The number of aromatic nitrogens is 3. The minimum Gasteiger partial charge on any atom is -0.323 e. The summed E-state index contributed by atoms with van der Waals surface area (Å²) in [5, 5.41) is 5.80. The van der Waals surface area contributed by atoms with Crippen LogP contribution in [0.25, 0.3) is 0 Å². The quantitative estimate of drug-likeness (QED) is 0.939. The predicted molar refractivity (Wildman–Crippen MR) is 81.8 cm³/mol. The standard InChI is InChI=1S/C15H22N4S/c1-11-17-10-15(20-11)14(16)9-12-7-8-19(18-12)13-5-3-2-4-6-13/h7-8,10,13-14H,2-6,9,16H2,1H3. The topological polar surface area (TPSA) is 56.7 Å². The van der Waals surface area contributed by atoms with Crippen LogP contribution in [0.1, 0.15) is 59.8 Å². The molecule has 1 saturated carbocycles. The SMILES string of the molecule is Cc1ncc(C(N)Cc2ccn(C3CCCCC3)n2)s1. The maximum atomic E-state index is 6.25. The third-order valence-corrected chi connectivity index (χ3v) is 5.09. The lowest BCUT2D eigenvalue weighted by Crippen LogP contribution is -2.15. The fourth-order valence-corrected chi connectivity index (χ4v) is 3.70. The number of nitrogens with zero attached hydrogens (tertiary/aromatic N) is 3. The van der Waals surface area contributed by atoms with E-state index in [2.05, 4.69) is 21.9 Å². The monoisotopic (exact) mass is 290 g/mol. The lowest BCUT2D eigenvalue weighted by atomic mass is 9.96. The molecular weight excluding hydrogens is 268 g/mol. The van der Waals surface area contributed by atoms with Crippen molar-refractivity contribution in [2.24, 2.45) is 5.73 Å². The van der Waals surface area contributed by atoms with Crippen LogP contribution in [0.3, 0.4) is 0 Å². The Kier molecular flexibility index (Phi) is 4.17. The van der Waals surface area contributed by atoms with Crippen molar-refractivity contribution < 1.29 is 0 Å². The van der Waals surface area contributed by atoms with Crippen molar-refractivity contribution in [3.8, 4) is 0 Å². The first-order valence-electron chi connectivity index (χ1n) is 7.44. The summed E-state index contributed by atoms with van der Waals surface area (Å²) in [6.45, 7) is 2.01. The Hall–Kier alpha value is -1.20. The molecule has 2 N–H and O–H groups in total. The van der Waals surface area contributed by atoms with Crippen LogP contribution in [0.15, 0.2) is 18.5 Å². The van der Waals surface area contributed by atoms with Crippen molar-refractivity contribution in [1.29, 1.82) is 0 Å². The number of hydrogen-bond acceptors (Lipinski definition) is 4. The summed E-state index contributed by atoms with van der Waals surface area (Å²) < 4.78 is 2.15. The highest BCUT2D eigenvalue weighted by Gasteiger charge is 2.17. The van der Waals surface area contributed by atoms with Crippen LogP contribution in [-0.2, 0) is 6.42 Å². The minimum absolute atomic E-state index is 0.0101. The van der Waals surface area contributed by atoms with Crippen LogP contribution in [-0.4, -0.2) is 14.8 Å². The summed E-state index contributed by atoms with van der Waals surface area (Å²) in [7, 11) is 0. The van der Waals surface area contributed by atoms with E-state index in [4.69, 9.17) is 10.8 Å². The van der Waals surface area contributed by atoms with Crippen LogP contribution < -0.4 is 5.73 Å². The molecule has 5 heteroatoms. The molecule has 4 nitrogen and oxygen atoms in total. The average Bonchev–Trinajstić information content (AvgIpc) is 3.09. The van der Waals surface area contributed by atoms with Gasteiger partial charge in [0.25, 0.3) is 0 Å². The van der Waals surface area contributed by atoms with E-state index in [1.54, 1.807) is 11.3 Å². The van der Waals surface area contributed by atoms with E-state index in [1.807, 2.05) is 13.1 Å². The predicted octanol–water partition coefficient (Wildman–Crippen LogP) is 3.40. The van der Waals surface area contributed by atoms with E-state index in [1.165, 1.54) is 32.1 Å². The van der Waals surface area contributed by atoms with Gasteiger partial charge in [0, 0.05) is 29.7 Å². The number of rotatable bonds is 4. The lowest BCUT2D eigenvalue weighted by Gasteiger charge is -2.21. The maximum absolute atomic E-state index is 6.25. The summed E-state index contributed by atoms with van der Waals surface area (Å²) in [6, 6.07) is 2.72. The number of aryl methyl sites for hydroxylation is 1. The molecule has 0 aromatic carbocycles. The summed E-state index contributed by atoms with van der Waals surface area (Å²) in [6.07, 6.45) is 11.4. The van der Waals surface area contributed by atoms with Gasteiger partial charge < -0.3 is 5.73 Å². The van der Waals surface area contributed by atoms with Crippen LogP contribution in [0, 0.1) is 6.92 Å². The second kappa shape index (κ2) is 6.06. The Balaban J connectivity index is 1.64. The number of hydrogen-bond donors (Lipinski definition) is 1. The lowest BCUT2D eigenvalue weighted by molar-refractivity contribution is 0.328. The van der Waals surface area contributed by atoms with Crippen molar-refractivity contribution in [2.75, 3.05) is 0 Å². The Morgan fingerprint density at radius 1 is 1.40 bits per heavy atom. The molecule has 0 spiro atoms. The van der Waals surface area contributed by atoms with Gasteiger partial charge in [-0.05, 0) is 25.8 Å². The summed E-state index contributed by atoms with van der Waals surface area (Å²) in [5.41, 5.74) is 7.34. The summed E-state index contributed by atoms with van der Waals surface area (Å²) >= 11 is 1.68. The Labute approximate surface area is 124 Å². The van der Waals surface area contributed by atoms with E-state index in [9.17, 15) is 0 Å². The van der Waals surface area contributed by atoms with Crippen molar-refractivity contribution >= 4 is 11.3 Å². The molecule has 1 aliphatic carbocycles. The molecule has 1 unspecified atom stereocenters. The Morgan fingerprint density at radius 2 is 2.20 bits per heavy atom. The van der Waals surface area contributed by atoms with Crippen molar-refractivity contribution in [3.05, 3.63) is 34.0 Å². The van der Waals surface area contributed by atoms with E-state index >= 15 is 0 Å². The fourth-order valence-electron chi connectivity index (χ4n) is 2.91. The molecule has 2 aromatic rings. The molecule has 20 heavy (non-hydrogen) atoms. The largest absolute Gasteiger partial charge is 0.323 e. The molecule has 3 rings (SSSR count). The normalized spacial score (nSPS) is 18.3. The zero-order chi connectivity index (χ0) is 13.9. The minimum atomic E-state index is 0.0101. The molecule has 0 aliphatic heterocycles. The zero-order valence-electron chi connectivity index (χ0n) is 12.0. The van der Waals surface area contributed by atoms with Gasteiger partial charge in [-0.25, -0.2) is 4.98 Å². The van der Waals surface area contributed by atoms with Crippen LogP contribution in [0.2, 0.25) is 0 Å². The van der Waals surface area contributed by atoms with E-state index in [-0.39, 0.29) is 6.04 Å². The van der Waals surface area contributed by atoms with Gasteiger partial charge in [0.15, 0.2) is 0 Å². The van der Waals surface area contributed by atoms with Crippen LogP contribution in [0.4, 0.5) is 0 Å². The van der Waals surface area contributed by atoms with Crippen LogP contribution >= 0.6 is 11.3 Å². The second-order valence-corrected chi connectivity index (χ2v) is 6.94. The molecule has 0 bridgehead atoms. The summed E-state index contributed by atoms with van der Waals surface area (Å²) in [5.74, 6) is 0. The van der Waals surface area contributed by atoms with E-state index in [0.717, 1.165) is 22.0 Å². The first-order valence-corrected chi connectivity index (χ1v) is 8.26. The van der Waals surface area contributed by atoms with Gasteiger partial charge in [0.2, 0.25) is 0 Å². The average molecular weight is 290 g/mol. The highest BCUT2D eigenvalue weighted by molar-refractivity contribution is 7.11. The van der Waals surface area contributed by atoms with E-state index < -0.39 is 0 Å². The maximum Gasteiger partial charge on any atom is 0.0897 e. The fraction of sp³-hybridized carbons (Fsp3) is 0.600. The molecular formula is C15H22N4S. The van der Waals surface area contributed by atoms with Gasteiger partial charge >= 0.3 is 0 Å². The third kappa shape index (κ3) is 3.10.